The molecule has 21 heavy (non-hydrogen) atoms. The lowest BCUT2D eigenvalue weighted by atomic mass is 9.95. The molecule has 0 heterocycles. The van der Waals surface area contributed by atoms with Crippen molar-refractivity contribution in [3.05, 3.63) is 70.8 Å². The van der Waals surface area contributed by atoms with Gasteiger partial charge in [0.05, 0.1) is 6.04 Å². The molecule has 1 unspecified atom stereocenters. The summed E-state index contributed by atoms with van der Waals surface area (Å²) in [4.78, 5) is 0. The highest BCUT2D eigenvalue weighted by Gasteiger charge is 2.13. The van der Waals surface area contributed by atoms with Crippen LogP contribution in [0.1, 0.15) is 49.1 Å². The minimum Gasteiger partial charge on any atom is -0.307 e. The van der Waals surface area contributed by atoms with Gasteiger partial charge in [-0.1, -0.05) is 74.9 Å². The maximum absolute atomic E-state index is 3.60. The smallest absolute Gasteiger partial charge is 0.0576 e. The van der Waals surface area contributed by atoms with E-state index >= 15 is 0 Å². The van der Waals surface area contributed by atoms with Gasteiger partial charge in [0.2, 0.25) is 0 Å². The Kier molecular flexibility index (Phi) is 5.58. The van der Waals surface area contributed by atoms with Crippen molar-refractivity contribution < 1.29 is 0 Å². The molecule has 0 aliphatic rings. The Morgan fingerprint density at radius 3 is 2.24 bits per heavy atom. The highest BCUT2D eigenvalue weighted by molar-refractivity contribution is 5.35. The van der Waals surface area contributed by atoms with Gasteiger partial charge < -0.3 is 5.32 Å². The molecule has 2 aromatic rings. The van der Waals surface area contributed by atoms with Crippen LogP contribution < -0.4 is 5.32 Å². The molecule has 0 fully saturated rings. The van der Waals surface area contributed by atoms with Crippen LogP contribution in [0.4, 0.5) is 0 Å². The molecule has 0 amide bonds. The fourth-order valence-electron chi connectivity index (χ4n) is 2.80. The summed E-state index contributed by atoms with van der Waals surface area (Å²) < 4.78 is 0. The molecule has 0 spiro atoms. The maximum atomic E-state index is 3.60. The molecule has 0 aliphatic carbocycles. The topological polar surface area (TPSA) is 12.0 Å². The summed E-state index contributed by atoms with van der Waals surface area (Å²) in [6.45, 7) is 9.81. The number of hydrogen-bond donors (Lipinski definition) is 1. The van der Waals surface area contributed by atoms with E-state index in [1.807, 2.05) is 0 Å². The number of hydrogen-bond acceptors (Lipinski definition) is 1. The van der Waals surface area contributed by atoms with Gasteiger partial charge in [0.25, 0.3) is 0 Å². The summed E-state index contributed by atoms with van der Waals surface area (Å²) in [5.41, 5.74) is 5.42. The molecule has 0 saturated heterocycles. The Morgan fingerprint density at radius 2 is 1.67 bits per heavy atom. The van der Waals surface area contributed by atoms with E-state index in [1.54, 1.807) is 0 Å². The van der Waals surface area contributed by atoms with Gasteiger partial charge in [0, 0.05) is 0 Å². The first-order chi connectivity index (χ1) is 10.1. The Labute approximate surface area is 129 Å². The molecule has 0 bridgehead atoms. The van der Waals surface area contributed by atoms with Crippen molar-refractivity contribution in [1.82, 2.24) is 5.32 Å². The van der Waals surface area contributed by atoms with Crippen molar-refractivity contribution in [2.75, 3.05) is 6.54 Å². The van der Waals surface area contributed by atoms with Gasteiger partial charge in [-0.15, -0.1) is 0 Å². The quantitative estimate of drug-likeness (QED) is 0.794. The number of nitrogens with one attached hydrogen (secondary N) is 1. The molecule has 112 valence electrons. The van der Waals surface area contributed by atoms with E-state index in [0.29, 0.717) is 5.92 Å². The molecule has 2 rings (SSSR count). The van der Waals surface area contributed by atoms with Crippen molar-refractivity contribution >= 4 is 0 Å². The molecule has 0 aromatic heterocycles. The Bertz CT molecular complexity index is 554. The lowest BCUT2D eigenvalue weighted by molar-refractivity contribution is 0.627. The first-order valence-corrected chi connectivity index (χ1v) is 7.99. The van der Waals surface area contributed by atoms with Gasteiger partial charge in [-0.3, -0.25) is 0 Å². The predicted octanol–water partition coefficient (Wildman–Crippen LogP) is 4.89. The summed E-state index contributed by atoms with van der Waals surface area (Å²) in [5, 5.41) is 3.60. The number of benzene rings is 2. The average molecular weight is 281 g/mol. The lowest BCUT2D eigenvalue weighted by Crippen LogP contribution is -2.22. The van der Waals surface area contributed by atoms with Crippen LogP contribution in [0.2, 0.25) is 0 Å². The molecule has 1 nitrogen and oxygen atoms in total. The highest BCUT2D eigenvalue weighted by atomic mass is 14.9. The Hall–Kier alpha value is -1.60. The van der Waals surface area contributed by atoms with Crippen LogP contribution >= 0.6 is 0 Å². The average Bonchev–Trinajstić information content (AvgIpc) is 2.45. The molecule has 0 radical (unpaired) electrons. The van der Waals surface area contributed by atoms with Crippen LogP contribution in [-0.2, 0) is 6.42 Å². The van der Waals surface area contributed by atoms with E-state index in [2.05, 4.69) is 81.5 Å². The van der Waals surface area contributed by atoms with Crippen molar-refractivity contribution in [2.45, 2.75) is 40.2 Å². The van der Waals surface area contributed by atoms with Gasteiger partial charge in [-0.25, -0.2) is 0 Å². The first-order valence-electron chi connectivity index (χ1n) is 7.99. The SMILES string of the molecule is CCNC(c1ccc(CC(C)C)cc1)c1cccc(C)c1. The fourth-order valence-corrected chi connectivity index (χ4v) is 2.80. The van der Waals surface area contributed by atoms with Crippen molar-refractivity contribution in [3.63, 3.8) is 0 Å². The second-order valence-corrected chi connectivity index (χ2v) is 6.24. The monoisotopic (exact) mass is 281 g/mol. The summed E-state index contributed by atoms with van der Waals surface area (Å²) in [6.07, 6.45) is 1.15. The van der Waals surface area contributed by atoms with Crippen LogP contribution in [0.25, 0.3) is 0 Å². The highest BCUT2D eigenvalue weighted by Crippen LogP contribution is 2.23. The van der Waals surface area contributed by atoms with E-state index < -0.39 is 0 Å². The Balaban J connectivity index is 2.26. The largest absolute Gasteiger partial charge is 0.307 e. The van der Waals surface area contributed by atoms with Crippen molar-refractivity contribution in [3.8, 4) is 0 Å². The second kappa shape index (κ2) is 7.42. The number of aryl methyl sites for hydroxylation is 1. The number of rotatable bonds is 6. The summed E-state index contributed by atoms with van der Waals surface area (Å²) in [5.74, 6) is 0.706. The zero-order valence-electron chi connectivity index (χ0n) is 13.7. The van der Waals surface area contributed by atoms with E-state index in [0.717, 1.165) is 13.0 Å². The second-order valence-electron chi connectivity index (χ2n) is 6.24. The third kappa shape index (κ3) is 4.44. The molecule has 2 aromatic carbocycles. The van der Waals surface area contributed by atoms with Crippen molar-refractivity contribution in [2.24, 2.45) is 5.92 Å². The summed E-state index contributed by atoms with van der Waals surface area (Å²) in [6, 6.07) is 18.1. The molecular weight excluding hydrogens is 254 g/mol. The maximum Gasteiger partial charge on any atom is 0.0576 e. The predicted molar refractivity (Wildman–Crippen MR) is 91.7 cm³/mol. The molecule has 1 N–H and O–H groups in total. The zero-order valence-corrected chi connectivity index (χ0v) is 13.7. The van der Waals surface area contributed by atoms with E-state index in [4.69, 9.17) is 0 Å². The van der Waals surface area contributed by atoms with Gasteiger partial charge >= 0.3 is 0 Å². The van der Waals surface area contributed by atoms with E-state index in [9.17, 15) is 0 Å². The fraction of sp³-hybridized carbons (Fsp3) is 0.400. The van der Waals surface area contributed by atoms with Crippen LogP contribution in [-0.4, -0.2) is 6.54 Å². The van der Waals surface area contributed by atoms with Crippen LogP contribution in [0.15, 0.2) is 48.5 Å². The first kappa shape index (κ1) is 15.8. The third-order valence-electron chi connectivity index (χ3n) is 3.74. The van der Waals surface area contributed by atoms with Gasteiger partial charge in [-0.2, -0.15) is 0 Å². The summed E-state index contributed by atoms with van der Waals surface area (Å²) >= 11 is 0. The van der Waals surface area contributed by atoms with E-state index in [1.165, 1.54) is 22.3 Å². The van der Waals surface area contributed by atoms with Gasteiger partial charge in [-0.05, 0) is 42.5 Å². The van der Waals surface area contributed by atoms with Gasteiger partial charge in [0.1, 0.15) is 0 Å². The zero-order chi connectivity index (χ0) is 15.2. The van der Waals surface area contributed by atoms with Gasteiger partial charge in [0.15, 0.2) is 0 Å². The van der Waals surface area contributed by atoms with Crippen molar-refractivity contribution in [1.29, 1.82) is 0 Å². The Morgan fingerprint density at radius 1 is 0.952 bits per heavy atom. The molecule has 0 saturated carbocycles. The molecule has 0 aliphatic heterocycles. The van der Waals surface area contributed by atoms with Crippen LogP contribution in [0.5, 0.6) is 0 Å². The molecular formula is C20H27N. The third-order valence-corrected chi connectivity index (χ3v) is 3.74. The minimum absolute atomic E-state index is 0.281. The standard InChI is InChI=1S/C20H27N/c1-5-21-20(19-8-6-7-16(4)14-19)18-11-9-17(10-12-18)13-15(2)3/h6-12,14-15,20-21H,5,13H2,1-4H3. The summed E-state index contributed by atoms with van der Waals surface area (Å²) in [7, 11) is 0. The van der Waals surface area contributed by atoms with E-state index in [-0.39, 0.29) is 6.04 Å². The normalized spacial score (nSPS) is 12.6. The van der Waals surface area contributed by atoms with Crippen LogP contribution in [0.3, 0.4) is 0 Å². The minimum atomic E-state index is 0.281. The molecule has 1 atom stereocenters. The lowest BCUT2D eigenvalue weighted by Gasteiger charge is -2.20. The molecule has 1 heteroatoms. The van der Waals surface area contributed by atoms with Crippen LogP contribution in [0, 0.1) is 12.8 Å².